The van der Waals surface area contributed by atoms with Gasteiger partial charge in [0.25, 0.3) is 0 Å². The summed E-state index contributed by atoms with van der Waals surface area (Å²) in [6, 6.07) is 3.75. The maximum absolute atomic E-state index is 10.1. The molecule has 0 aliphatic heterocycles. The Balaban J connectivity index is 2.84. The lowest BCUT2D eigenvalue weighted by Crippen LogP contribution is -2.45. The van der Waals surface area contributed by atoms with E-state index in [1.807, 2.05) is 17.0 Å². The fraction of sp³-hybridized carbons (Fsp3) is 0.500. The number of anilines is 1. The van der Waals surface area contributed by atoms with E-state index in [2.05, 4.69) is 4.98 Å². The van der Waals surface area contributed by atoms with E-state index in [1.165, 1.54) is 0 Å². The summed E-state index contributed by atoms with van der Waals surface area (Å²) in [6.07, 6.45) is 4.06. The van der Waals surface area contributed by atoms with E-state index < -0.39 is 5.72 Å². The van der Waals surface area contributed by atoms with Crippen LogP contribution in [0.2, 0.25) is 0 Å². The minimum atomic E-state index is -0.946. The molecule has 1 rings (SSSR count). The van der Waals surface area contributed by atoms with E-state index in [0.29, 0.717) is 18.7 Å². The first kappa shape index (κ1) is 12.6. The molecule has 0 unspecified atom stereocenters. The molecular formula is C12H19N3O. The van der Waals surface area contributed by atoms with Crippen molar-refractivity contribution in [3.63, 3.8) is 0 Å². The second-order valence-corrected chi connectivity index (χ2v) is 4.39. The molecule has 16 heavy (non-hydrogen) atoms. The normalized spacial score (nSPS) is 11.2. The molecule has 4 heteroatoms. The third-order valence-corrected chi connectivity index (χ3v) is 2.33. The van der Waals surface area contributed by atoms with Crippen LogP contribution in [-0.2, 0) is 0 Å². The van der Waals surface area contributed by atoms with Crippen LogP contribution in [-0.4, -0.2) is 28.1 Å². The topological polar surface area (TPSA) is 60.2 Å². The van der Waals surface area contributed by atoms with Crippen molar-refractivity contribution in [2.45, 2.75) is 32.9 Å². The molecule has 4 nitrogen and oxygen atoms in total. The van der Waals surface area contributed by atoms with Gasteiger partial charge in [-0.2, -0.15) is 0 Å². The van der Waals surface area contributed by atoms with E-state index >= 15 is 0 Å². The Hall–Kier alpha value is -1.42. The van der Waals surface area contributed by atoms with E-state index in [9.17, 15) is 5.11 Å². The van der Waals surface area contributed by atoms with Crippen LogP contribution in [0.4, 0.5) is 5.69 Å². The minimum absolute atomic E-state index is 0.609. The first-order chi connectivity index (χ1) is 7.41. The molecule has 1 aromatic heterocycles. The smallest absolute Gasteiger partial charge is 0.132 e. The molecule has 0 radical (unpaired) electrons. The Bertz CT molecular complexity index is 343. The molecule has 0 bridgehead atoms. The van der Waals surface area contributed by atoms with Crippen molar-refractivity contribution in [1.29, 1.82) is 5.41 Å². The van der Waals surface area contributed by atoms with Gasteiger partial charge < -0.3 is 15.4 Å². The molecule has 0 saturated carbocycles. The third-order valence-electron chi connectivity index (χ3n) is 2.33. The summed E-state index contributed by atoms with van der Waals surface area (Å²) in [6.45, 7) is 5.86. The average molecular weight is 221 g/mol. The summed E-state index contributed by atoms with van der Waals surface area (Å²) in [5, 5.41) is 17.5. The van der Waals surface area contributed by atoms with Crippen LogP contribution in [0.5, 0.6) is 0 Å². The number of aliphatic hydroxyl groups is 1. The van der Waals surface area contributed by atoms with Crippen LogP contribution < -0.4 is 4.90 Å². The summed E-state index contributed by atoms with van der Waals surface area (Å²) < 4.78 is 0. The summed E-state index contributed by atoms with van der Waals surface area (Å²) >= 11 is 0. The average Bonchev–Trinajstić information content (AvgIpc) is 2.17. The molecular weight excluding hydrogens is 202 g/mol. The Morgan fingerprint density at radius 1 is 1.56 bits per heavy atom. The molecule has 0 saturated heterocycles. The zero-order valence-corrected chi connectivity index (χ0v) is 10.1. The van der Waals surface area contributed by atoms with Crippen molar-refractivity contribution in [2.75, 3.05) is 11.4 Å². The van der Waals surface area contributed by atoms with Crippen molar-refractivity contribution in [1.82, 2.24) is 4.98 Å². The van der Waals surface area contributed by atoms with Gasteiger partial charge in [0.05, 0.1) is 11.9 Å². The lowest BCUT2D eigenvalue weighted by molar-refractivity contribution is 0.0762. The van der Waals surface area contributed by atoms with Crippen molar-refractivity contribution in [2.24, 2.45) is 0 Å². The highest BCUT2D eigenvalue weighted by Crippen LogP contribution is 2.21. The molecule has 88 valence electrons. The molecule has 1 aromatic rings. The van der Waals surface area contributed by atoms with E-state index in [4.69, 9.17) is 5.41 Å². The van der Waals surface area contributed by atoms with Gasteiger partial charge in [-0.1, -0.05) is 0 Å². The number of hydrogen-bond acceptors (Lipinski definition) is 4. The summed E-state index contributed by atoms with van der Waals surface area (Å²) in [5.41, 5.74) is 0.535. The summed E-state index contributed by atoms with van der Waals surface area (Å²) in [4.78, 5) is 5.89. The van der Waals surface area contributed by atoms with Crippen molar-refractivity contribution < 1.29 is 5.11 Å². The van der Waals surface area contributed by atoms with Crippen LogP contribution in [0, 0.1) is 5.41 Å². The lowest BCUT2D eigenvalue weighted by Gasteiger charge is -2.35. The predicted molar refractivity (Wildman–Crippen MR) is 65.9 cm³/mol. The number of hydrogen-bond donors (Lipinski definition) is 2. The largest absolute Gasteiger partial charge is 0.371 e. The van der Waals surface area contributed by atoms with Crippen LogP contribution in [0.3, 0.4) is 0 Å². The van der Waals surface area contributed by atoms with Gasteiger partial charge in [-0.15, -0.1) is 0 Å². The Morgan fingerprint density at radius 3 is 2.69 bits per heavy atom. The minimum Gasteiger partial charge on any atom is -0.371 e. The fourth-order valence-corrected chi connectivity index (χ4v) is 1.51. The van der Waals surface area contributed by atoms with Crippen molar-refractivity contribution in [3.05, 3.63) is 24.5 Å². The van der Waals surface area contributed by atoms with Gasteiger partial charge in [-0.05, 0) is 32.9 Å². The number of nitrogens with zero attached hydrogens (tertiary/aromatic N) is 2. The van der Waals surface area contributed by atoms with E-state index in [-0.39, 0.29) is 0 Å². The van der Waals surface area contributed by atoms with Gasteiger partial charge in [0.1, 0.15) is 5.72 Å². The maximum atomic E-state index is 10.1. The Morgan fingerprint density at radius 2 is 2.25 bits per heavy atom. The molecule has 0 spiro atoms. The monoisotopic (exact) mass is 221 g/mol. The van der Waals surface area contributed by atoms with Gasteiger partial charge >= 0.3 is 0 Å². The first-order valence-electron chi connectivity index (χ1n) is 5.35. The molecule has 1 heterocycles. The predicted octanol–water partition coefficient (Wildman–Crippen LogP) is 2.05. The number of aromatic nitrogens is 1. The van der Waals surface area contributed by atoms with Gasteiger partial charge in [-0.25, -0.2) is 0 Å². The zero-order valence-electron chi connectivity index (χ0n) is 10.1. The third kappa shape index (κ3) is 3.62. The standard InChI is InChI=1S/C12H19N3O/c1-10(13)6-8-15(12(2,3)16)11-5-4-7-14-9-11/h4-5,7,9,13,16H,6,8H2,1-3H3. The van der Waals surface area contributed by atoms with Crippen molar-refractivity contribution >= 4 is 11.4 Å². The number of pyridine rings is 1. The summed E-state index contributed by atoms with van der Waals surface area (Å²) in [7, 11) is 0. The number of rotatable bonds is 5. The second kappa shape index (κ2) is 5.07. The van der Waals surface area contributed by atoms with E-state index in [0.717, 1.165) is 5.69 Å². The highest BCUT2D eigenvalue weighted by molar-refractivity contribution is 5.79. The van der Waals surface area contributed by atoms with Gasteiger partial charge in [-0.3, -0.25) is 4.98 Å². The van der Waals surface area contributed by atoms with Gasteiger partial charge in [0, 0.05) is 24.9 Å². The van der Waals surface area contributed by atoms with Crippen LogP contribution in [0.25, 0.3) is 0 Å². The Kier molecular flexibility index (Phi) is 4.01. The first-order valence-corrected chi connectivity index (χ1v) is 5.35. The maximum Gasteiger partial charge on any atom is 0.132 e. The molecule has 0 fully saturated rings. The molecule has 0 aliphatic carbocycles. The van der Waals surface area contributed by atoms with E-state index in [1.54, 1.807) is 33.2 Å². The van der Waals surface area contributed by atoms with Crippen LogP contribution >= 0.6 is 0 Å². The second-order valence-electron chi connectivity index (χ2n) is 4.39. The zero-order chi connectivity index (χ0) is 12.2. The summed E-state index contributed by atoms with van der Waals surface area (Å²) in [5.74, 6) is 0. The molecule has 0 aromatic carbocycles. The highest BCUT2D eigenvalue weighted by Gasteiger charge is 2.23. The lowest BCUT2D eigenvalue weighted by atomic mass is 10.2. The van der Waals surface area contributed by atoms with Crippen molar-refractivity contribution in [3.8, 4) is 0 Å². The quantitative estimate of drug-likeness (QED) is 0.591. The van der Waals surface area contributed by atoms with Crippen LogP contribution in [0.1, 0.15) is 27.2 Å². The van der Waals surface area contributed by atoms with Gasteiger partial charge in [0.2, 0.25) is 0 Å². The van der Waals surface area contributed by atoms with Gasteiger partial charge in [0.15, 0.2) is 0 Å². The fourth-order valence-electron chi connectivity index (χ4n) is 1.51. The SMILES string of the molecule is CC(=N)CCN(c1cccnc1)C(C)(C)O. The molecule has 0 aliphatic rings. The molecule has 2 N–H and O–H groups in total. The highest BCUT2D eigenvalue weighted by atomic mass is 16.3. The molecule has 0 atom stereocenters. The molecule has 0 amide bonds. The number of nitrogens with one attached hydrogen (secondary N) is 1. The van der Waals surface area contributed by atoms with Crippen LogP contribution in [0.15, 0.2) is 24.5 Å². The Labute approximate surface area is 96.4 Å².